The van der Waals surface area contributed by atoms with Crippen LogP contribution in [0.1, 0.15) is 31.3 Å². The van der Waals surface area contributed by atoms with E-state index in [-0.39, 0.29) is 5.95 Å². The number of rotatable bonds is 4. The second-order valence-corrected chi connectivity index (χ2v) is 5.34. The fraction of sp³-hybridized carbons (Fsp3) is 0.286. The summed E-state index contributed by atoms with van der Waals surface area (Å²) < 4.78 is 38.6. The van der Waals surface area contributed by atoms with Crippen molar-refractivity contribution in [3.05, 3.63) is 40.7 Å². The zero-order chi connectivity index (χ0) is 17.9. The first-order valence-electron chi connectivity index (χ1n) is 6.78. The molecule has 1 unspecified atom stereocenters. The number of nitrogens with zero attached hydrogens (tertiary/aromatic N) is 3. The van der Waals surface area contributed by atoms with Crippen LogP contribution in [0.5, 0.6) is 0 Å². The third-order valence-corrected chi connectivity index (χ3v) is 3.14. The van der Waals surface area contributed by atoms with Crippen molar-refractivity contribution in [2.45, 2.75) is 26.1 Å². The molecular formula is C14H13ClF3N5O. The normalized spacial score (nSPS) is 12.6. The molecule has 128 valence electrons. The van der Waals surface area contributed by atoms with Gasteiger partial charge in [0.2, 0.25) is 23.6 Å². The molecule has 0 aliphatic rings. The van der Waals surface area contributed by atoms with Crippen LogP contribution in [0.15, 0.2) is 24.3 Å². The number of anilines is 2. The Hall–Kier alpha value is -2.42. The zero-order valence-corrected chi connectivity index (χ0v) is 13.4. The molecule has 1 amide bonds. The van der Waals surface area contributed by atoms with Gasteiger partial charge in [0.15, 0.2) is 0 Å². The van der Waals surface area contributed by atoms with Crippen molar-refractivity contribution in [1.82, 2.24) is 15.0 Å². The smallest absolute Gasteiger partial charge is 0.348 e. The second kappa shape index (κ2) is 7.00. The van der Waals surface area contributed by atoms with Crippen LogP contribution in [-0.4, -0.2) is 20.9 Å². The van der Waals surface area contributed by atoms with Crippen LogP contribution >= 0.6 is 11.6 Å². The van der Waals surface area contributed by atoms with Gasteiger partial charge in [-0.15, -0.1) is 0 Å². The van der Waals surface area contributed by atoms with Gasteiger partial charge in [-0.1, -0.05) is 23.7 Å². The van der Waals surface area contributed by atoms with E-state index in [0.29, 0.717) is 5.02 Å². The molecule has 0 spiro atoms. The van der Waals surface area contributed by atoms with Crippen LogP contribution in [0.4, 0.5) is 25.1 Å². The van der Waals surface area contributed by atoms with Gasteiger partial charge in [0.1, 0.15) is 0 Å². The van der Waals surface area contributed by atoms with Gasteiger partial charge in [-0.05, 0) is 24.6 Å². The van der Waals surface area contributed by atoms with Gasteiger partial charge in [-0.25, -0.2) is 0 Å². The third kappa shape index (κ3) is 4.79. The summed E-state index contributed by atoms with van der Waals surface area (Å²) in [5.41, 5.74) is 0.773. The lowest BCUT2D eigenvalue weighted by atomic mass is 10.1. The Balaban J connectivity index is 2.30. The predicted octanol–water partition coefficient (Wildman–Crippen LogP) is 3.68. The summed E-state index contributed by atoms with van der Waals surface area (Å²) in [5.74, 6) is -2.77. The molecular weight excluding hydrogens is 347 g/mol. The van der Waals surface area contributed by atoms with Gasteiger partial charge >= 0.3 is 6.18 Å². The molecule has 1 aromatic heterocycles. The number of carbonyl (C=O) groups is 1. The monoisotopic (exact) mass is 359 g/mol. The van der Waals surface area contributed by atoms with E-state index >= 15 is 0 Å². The van der Waals surface area contributed by atoms with E-state index in [9.17, 15) is 18.0 Å². The maximum absolute atomic E-state index is 12.9. The Labute approximate surface area is 140 Å². The number of carbonyl (C=O) groups excluding carboxylic acids is 1. The lowest BCUT2D eigenvalue weighted by Crippen LogP contribution is -2.19. The first kappa shape index (κ1) is 17.9. The van der Waals surface area contributed by atoms with Gasteiger partial charge < -0.3 is 5.32 Å². The maximum Gasteiger partial charge on any atom is 0.451 e. The molecule has 0 radical (unpaired) electrons. The number of benzene rings is 1. The first-order chi connectivity index (χ1) is 11.1. The number of alkyl halides is 3. The third-order valence-electron chi connectivity index (χ3n) is 2.89. The van der Waals surface area contributed by atoms with E-state index in [1.165, 1.54) is 0 Å². The molecule has 2 N–H and O–H groups in total. The maximum atomic E-state index is 12.9. The Morgan fingerprint density at radius 3 is 2.25 bits per heavy atom. The van der Waals surface area contributed by atoms with E-state index in [1.807, 2.05) is 0 Å². The molecule has 1 aromatic carbocycles. The van der Waals surface area contributed by atoms with Gasteiger partial charge in [-0.2, -0.15) is 28.1 Å². The number of halogens is 4. The minimum atomic E-state index is -4.77. The van der Waals surface area contributed by atoms with Crippen molar-refractivity contribution in [3.8, 4) is 0 Å². The molecule has 2 rings (SSSR count). The number of hydrogen-bond acceptors (Lipinski definition) is 5. The molecule has 0 aliphatic heterocycles. The van der Waals surface area contributed by atoms with Crippen LogP contribution in [0.2, 0.25) is 5.02 Å². The molecule has 24 heavy (non-hydrogen) atoms. The number of amides is 1. The van der Waals surface area contributed by atoms with Crippen molar-refractivity contribution in [1.29, 1.82) is 0 Å². The highest BCUT2D eigenvalue weighted by atomic mass is 35.5. The highest BCUT2D eigenvalue weighted by Crippen LogP contribution is 2.28. The van der Waals surface area contributed by atoms with Crippen LogP contribution in [0.25, 0.3) is 0 Å². The fourth-order valence-electron chi connectivity index (χ4n) is 1.81. The molecule has 0 bridgehead atoms. The van der Waals surface area contributed by atoms with Gasteiger partial charge in [0.25, 0.3) is 0 Å². The van der Waals surface area contributed by atoms with Crippen LogP contribution < -0.4 is 10.6 Å². The van der Waals surface area contributed by atoms with E-state index in [1.54, 1.807) is 31.2 Å². The summed E-state index contributed by atoms with van der Waals surface area (Å²) in [6, 6.07) is 6.37. The summed E-state index contributed by atoms with van der Waals surface area (Å²) in [5, 5.41) is 5.41. The van der Waals surface area contributed by atoms with Crippen molar-refractivity contribution in [2.75, 3.05) is 10.6 Å². The number of nitrogens with one attached hydrogen (secondary N) is 2. The summed E-state index contributed by atoms with van der Waals surface area (Å²) >= 11 is 5.80. The summed E-state index contributed by atoms with van der Waals surface area (Å²) in [6.07, 6.45) is -4.77. The number of aromatic nitrogens is 3. The quantitative estimate of drug-likeness (QED) is 0.870. The first-order valence-corrected chi connectivity index (χ1v) is 7.16. The Kier molecular flexibility index (Phi) is 5.23. The molecule has 0 saturated heterocycles. The van der Waals surface area contributed by atoms with Crippen LogP contribution in [-0.2, 0) is 11.0 Å². The molecule has 1 heterocycles. The minimum absolute atomic E-state index is 0.302. The Morgan fingerprint density at radius 1 is 1.12 bits per heavy atom. The molecule has 1 atom stereocenters. The largest absolute Gasteiger partial charge is 0.451 e. The van der Waals surface area contributed by atoms with Crippen LogP contribution in [0, 0.1) is 0 Å². The highest BCUT2D eigenvalue weighted by Gasteiger charge is 2.36. The van der Waals surface area contributed by atoms with Crippen molar-refractivity contribution < 1.29 is 18.0 Å². The Bertz CT molecular complexity index is 736. The average Bonchev–Trinajstić information content (AvgIpc) is 2.46. The van der Waals surface area contributed by atoms with Crippen molar-refractivity contribution >= 4 is 29.4 Å². The van der Waals surface area contributed by atoms with Crippen molar-refractivity contribution in [3.63, 3.8) is 0 Å². The SMILES string of the molecule is CC(=O)Nc1nc(NC(C)c2ccc(Cl)cc2)nc(C(F)(F)F)n1. The molecule has 6 nitrogen and oxygen atoms in total. The average molecular weight is 360 g/mol. The minimum Gasteiger partial charge on any atom is -0.348 e. The van der Waals surface area contributed by atoms with E-state index in [4.69, 9.17) is 11.6 Å². The molecule has 0 fully saturated rings. The van der Waals surface area contributed by atoms with E-state index in [0.717, 1.165) is 12.5 Å². The topological polar surface area (TPSA) is 79.8 Å². The zero-order valence-electron chi connectivity index (χ0n) is 12.6. The lowest BCUT2D eigenvalue weighted by molar-refractivity contribution is -0.145. The molecule has 2 aromatic rings. The summed E-state index contributed by atoms with van der Waals surface area (Å²) in [6.45, 7) is 2.86. The summed E-state index contributed by atoms with van der Waals surface area (Å²) in [7, 11) is 0. The Morgan fingerprint density at radius 2 is 1.71 bits per heavy atom. The molecule has 0 saturated carbocycles. The van der Waals surface area contributed by atoms with Gasteiger partial charge in [-0.3, -0.25) is 10.1 Å². The number of hydrogen-bond donors (Lipinski definition) is 2. The van der Waals surface area contributed by atoms with E-state index < -0.39 is 29.9 Å². The molecule has 10 heteroatoms. The van der Waals surface area contributed by atoms with Crippen LogP contribution in [0.3, 0.4) is 0 Å². The van der Waals surface area contributed by atoms with Crippen molar-refractivity contribution in [2.24, 2.45) is 0 Å². The van der Waals surface area contributed by atoms with Gasteiger partial charge in [0.05, 0.1) is 6.04 Å². The molecule has 0 aliphatic carbocycles. The van der Waals surface area contributed by atoms with Gasteiger partial charge in [0, 0.05) is 11.9 Å². The lowest BCUT2D eigenvalue weighted by Gasteiger charge is -2.16. The standard InChI is InChI=1S/C14H13ClF3N5O/c1-7(9-3-5-10(15)6-4-9)19-12-21-11(14(16,17)18)22-13(23-12)20-8(2)24/h3-7H,1-2H3,(H2,19,20,21,22,23,24). The highest BCUT2D eigenvalue weighted by molar-refractivity contribution is 6.30. The van der Waals surface area contributed by atoms with E-state index in [2.05, 4.69) is 25.6 Å². The summed E-state index contributed by atoms with van der Waals surface area (Å²) in [4.78, 5) is 21.4. The predicted molar refractivity (Wildman–Crippen MR) is 82.6 cm³/mol. The fourth-order valence-corrected chi connectivity index (χ4v) is 1.94. The second-order valence-electron chi connectivity index (χ2n) is 4.90.